The molecule has 0 spiro atoms. The SMILES string of the molecule is COC(=O)C(C)(C)C1Sc2ccccc2N1C(=O)OC(C)Cl. The molecule has 0 aliphatic carbocycles. The number of carbonyl (C=O) groups excluding carboxylic acids is 2. The fourth-order valence-corrected chi connectivity index (χ4v) is 3.74. The topological polar surface area (TPSA) is 55.8 Å². The fraction of sp³-hybridized carbons (Fsp3) is 0.467. The number of esters is 1. The van der Waals surface area contributed by atoms with Crippen molar-refractivity contribution in [1.29, 1.82) is 0 Å². The number of rotatable bonds is 3. The van der Waals surface area contributed by atoms with Crippen LogP contribution in [0.5, 0.6) is 0 Å². The van der Waals surface area contributed by atoms with E-state index in [1.165, 1.54) is 23.8 Å². The van der Waals surface area contributed by atoms with Gasteiger partial charge in [-0.15, -0.1) is 0 Å². The number of carbonyl (C=O) groups is 2. The van der Waals surface area contributed by atoms with Gasteiger partial charge >= 0.3 is 12.1 Å². The number of nitrogens with zero attached hydrogens (tertiary/aromatic N) is 1. The first-order valence-electron chi connectivity index (χ1n) is 6.77. The summed E-state index contributed by atoms with van der Waals surface area (Å²) in [6.07, 6.45) is -0.582. The Morgan fingerprint density at radius 1 is 1.36 bits per heavy atom. The smallest absolute Gasteiger partial charge is 0.416 e. The van der Waals surface area contributed by atoms with Crippen LogP contribution in [0.4, 0.5) is 10.5 Å². The van der Waals surface area contributed by atoms with Crippen molar-refractivity contribution in [1.82, 2.24) is 0 Å². The minimum Gasteiger partial charge on any atom is -0.469 e. The van der Waals surface area contributed by atoms with E-state index in [0.717, 1.165) is 4.90 Å². The number of fused-ring (bicyclic) bond motifs is 1. The zero-order valence-corrected chi connectivity index (χ0v) is 14.4. The third-order valence-corrected chi connectivity index (χ3v) is 5.10. The van der Waals surface area contributed by atoms with Gasteiger partial charge in [0.2, 0.25) is 0 Å². The molecule has 0 fully saturated rings. The van der Waals surface area contributed by atoms with Crippen molar-refractivity contribution in [2.75, 3.05) is 12.0 Å². The summed E-state index contributed by atoms with van der Waals surface area (Å²) in [5.41, 5.74) is -0.962. The standard InChI is InChI=1S/C15H18ClNO4S/c1-9(16)21-14(19)17-10-7-5-6-8-11(10)22-12(17)15(2,3)13(18)20-4/h5-9,12H,1-4H3. The van der Waals surface area contributed by atoms with Crippen molar-refractivity contribution in [2.24, 2.45) is 5.41 Å². The van der Waals surface area contributed by atoms with Gasteiger partial charge in [0, 0.05) is 4.90 Å². The molecule has 0 aromatic heterocycles. The zero-order valence-electron chi connectivity index (χ0n) is 12.8. The monoisotopic (exact) mass is 343 g/mol. The van der Waals surface area contributed by atoms with Crippen LogP contribution in [0, 0.1) is 5.41 Å². The lowest BCUT2D eigenvalue weighted by molar-refractivity contribution is -0.150. The minimum absolute atomic E-state index is 0.394. The summed E-state index contributed by atoms with van der Waals surface area (Å²) in [4.78, 5) is 26.9. The largest absolute Gasteiger partial charge is 0.469 e. The first-order chi connectivity index (χ1) is 10.3. The molecule has 5 nitrogen and oxygen atoms in total. The van der Waals surface area contributed by atoms with Gasteiger partial charge in [-0.2, -0.15) is 0 Å². The predicted octanol–water partition coefficient (Wildman–Crippen LogP) is 3.85. The Morgan fingerprint density at radius 3 is 2.59 bits per heavy atom. The number of amides is 1. The van der Waals surface area contributed by atoms with Gasteiger partial charge in [-0.25, -0.2) is 4.79 Å². The Morgan fingerprint density at radius 2 is 2.00 bits per heavy atom. The second kappa shape index (κ2) is 6.38. The van der Waals surface area contributed by atoms with E-state index in [0.29, 0.717) is 5.69 Å². The molecule has 1 aliphatic rings. The molecule has 1 aromatic rings. The summed E-state index contributed by atoms with van der Waals surface area (Å²) in [5, 5.41) is -0.472. The van der Waals surface area contributed by atoms with E-state index in [9.17, 15) is 9.59 Å². The maximum Gasteiger partial charge on any atom is 0.416 e. The van der Waals surface area contributed by atoms with Crippen LogP contribution in [-0.2, 0) is 14.3 Å². The number of anilines is 1. The normalized spacial score (nSPS) is 18.6. The van der Waals surface area contributed by atoms with E-state index in [-0.39, 0.29) is 0 Å². The van der Waals surface area contributed by atoms with Crippen molar-refractivity contribution in [2.45, 2.75) is 36.6 Å². The summed E-state index contributed by atoms with van der Waals surface area (Å²) in [6.45, 7) is 5.05. The highest BCUT2D eigenvalue weighted by atomic mass is 35.5. The summed E-state index contributed by atoms with van der Waals surface area (Å²) >= 11 is 7.19. The molecule has 2 atom stereocenters. The van der Waals surface area contributed by atoms with Gasteiger partial charge < -0.3 is 9.47 Å². The third-order valence-electron chi connectivity index (χ3n) is 3.39. The zero-order chi connectivity index (χ0) is 16.5. The number of benzene rings is 1. The van der Waals surface area contributed by atoms with Crippen molar-refractivity contribution in [3.05, 3.63) is 24.3 Å². The van der Waals surface area contributed by atoms with Crippen molar-refractivity contribution in [3.8, 4) is 0 Å². The number of alkyl halides is 1. The average molecular weight is 344 g/mol. The van der Waals surface area contributed by atoms with Crippen LogP contribution >= 0.6 is 23.4 Å². The van der Waals surface area contributed by atoms with E-state index in [2.05, 4.69) is 0 Å². The molecule has 2 unspecified atom stereocenters. The molecule has 22 heavy (non-hydrogen) atoms. The van der Waals surface area contributed by atoms with Crippen molar-refractivity contribution >= 4 is 41.1 Å². The van der Waals surface area contributed by atoms with Crippen LogP contribution in [0.1, 0.15) is 20.8 Å². The molecule has 1 heterocycles. The molecular formula is C15H18ClNO4S. The molecular weight excluding hydrogens is 326 g/mol. The summed E-state index contributed by atoms with van der Waals surface area (Å²) in [7, 11) is 1.33. The molecule has 0 radical (unpaired) electrons. The Hall–Kier alpha value is -1.40. The molecule has 2 rings (SSSR count). The highest BCUT2D eigenvalue weighted by Gasteiger charge is 2.49. The number of ether oxygens (including phenoxy) is 2. The van der Waals surface area contributed by atoms with Crippen LogP contribution < -0.4 is 4.90 Å². The Balaban J connectivity index is 2.42. The highest BCUT2D eigenvalue weighted by Crippen LogP contribution is 2.50. The summed E-state index contributed by atoms with van der Waals surface area (Å²) in [6, 6.07) is 7.43. The van der Waals surface area contributed by atoms with Crippen LogP contribution in [0.25, 0.3) is 0 Å². The van der Waals surface area contributed by atoms with E-state index in [4.69, 9.17) is 21.1 Å². The summed E-state index contributed by atoms with van der Waals surface area (Å²) in [5.74, 6) is -0.394. The maximum atomic E-state index is 12.4. The van der Waals surface area contributed by atoms with E-state index in [1.54, 1.807) is 20.8 Å². The molecule has 1 amide bonds. The minimum atomic E-state index is -0.910. The average Bonchev–Trinajstić information content (AvgIpc) is 2.85. The highest BCUT2D eigenvalue weighted by molar-refractivity contribution is 8.00. The van der Waals surface area contributed by atoms with Gasteiger partial charge in [0.25, 0.3) is 0 Å². The molecule has 1 aromatic carbocycles. The van der Waals surface area contributed by atoms with E-state index in [1.807, 2.05) is 24.3 Å². The molecule has 120 valence electrons. The third kappa shape index (κ3) is 3.03. The number of hydrogen-bond acceptors (Lipinski definition) is 5. The molecule has 0 saturated heterocycles. The number of hydrogen-bond donors (Lipinski definition) is 0. The van der Waals surface area contributed by atoms with Gasteiger partial charge in [0.15, 0.2) is 5.56 Å². The lowest BCUT2D eigenvalue weighted by Crippen LogP contribution is -2.48. The Labute approximate surface area is 138 Å². The maximum absolute atomic E-state index is 12.4. The number of halogens is 1. The molecule has 1 aliphatic heterocycles. The van der Waals surface area contributed by atoms with E-state index >= 15 is 0 Å². The van der Waals surface area contributed by atoms with Gasteiger partial charge in [0.1, 0.15) is 5.37 Å². The quantitative estimate of drug-likeness (QED) is 0.616. The van der Waals surface area contributed by atoms with Crippen LogP contribution in [0.3, 0.4) is 0 Å². The van der Waals surface area contributed by atoms with Crippen LogP contribution in [0.15, 0.2) is 29.2 Å². The van der Waals surface area contributed by atoms with Crippen LogP contribution in [0.2, 0.25) is 0 Å². The molecule has 0 N–H and O–H groups in total. The van der Waals surface area contributed by atoms with E-state index < -0.39 is 28.4 Å². The lowest BCUT2D eigenvalue weighted by atomic mass is 9.92. The number of methoxy groups -OCH3 is 1. The molecule has 0 bridgehead atoms. The number of para-hydroxylation sites is 1. The fourth-order valence-electron chi connectivity index (χ4n) is 2.28. The first-order valence-corrected chi connectivity index (χ1v) is 8.08. The number of thioether (sulfide) groups is 1. The predicted molar refractivity (Wildman–Crippen MR) is 86.2 cm³/mol. The Bertz CT molecular complexity index is 591. The second-order valence-corrected chi connectivity index (χ2v) is 7.18. The molecule has 0 saturated carbocycles. The lowest BCUT2D eigenvalue weighted by Gasteiger charge is -2.34. The van der Waals surface area contributed by atoms with Gasteiger partial charge in [0.05, 0.1) is 18.2 Å². The molecule has 7 heteroatoms. The van der Waals surface area contributed by atoms with Gasteiger partial charge in [-0.3, -0.25) is 9.69 Å². The van der Waals surface area contributed by atoms with Crippen LogP contribution in [-0.4, -0.2) is 30.1 Å². The van der Waals surface area contributed by atoms with Crippen molar-refractivity contribution < 1.29 is 19.1 Å². The van der Waals surface area contributed by atoms with Gasteiger partial charge in [-0.05, 0) is 32.9 Å². The first kappa shape index (κ1) is 17.0. The van der Waals surface area contributed by atoms with Gasteiger partial charge in [-0.1, -0.05) is 35.5 Å². The van der Waals surface area contributed by atoms with Crippen molar-refractivity contribution in [3.63, 3.8) is 0 Å². The summed E-state index contributed by atoms with van der Waals surface area (Å²) < 4.78 is 10.00. The second-order valence-electron chi connectivity index (χ2n) is 5.45. The Kier molecular flexibility index (Phi) is 4.92.